The fraction of sp³-hybridized carbons (Fsp3) is 0.565. The van der Waals surface area contributed by atoms with Gasteiger partial charge in [0.2, 0.25) is 0 Å². The van der Waals surface area contributed by atoms with Crippen LogP contribution >= 0.6 is 0 Å². The molecule has 0 unspecified atom stereocenters. The quantitative estimate of drug-likeness (QED) is 0.675. The highest BCUT2D eigenvalue weighted by Crippen LogP contribution is 2.37. The van der Waals surface area contributed by atoms with Gasteiger partial charge in [-0.3, -0.25) is 9.69 Å². The third-order valence-corrected chi connectivity index (χ3v) is 6.34. The summed E-state index contributed by atoms with van der Waals surface area (Å²) in [6.45, 7) is 10.1. The maximum absolute atomic E-state index is 13.4. The average molecular weight is 415 g/mol. The van der Waals surface area contributed by atoms with E-state index < -0.39 is 6.04 Å². The van der Waals surface area contributed by atoms with Gasteiger partial charge in [0.25, 0.3) is 5.91 Å². The van der Waals surface area contributed by atoms with Gasteiger partial charge in [0, 0.05) is 13.1 Å². The first-order chi connectivity index (χ1) is 14.4. The maximum Gasteiger partial charge on any atom is 0.322 e. The van der Waals surface area contributed by atoms with E-state index in [9.17, 15) is 9.59 Å². The van der Waals surface area contributed by atoms with Gasteiger partial charge in [-0.2, -0.15) is 0 Å². The molecule has 3 rings (SSSR count). The number of nitrogens with one attached hydrogen (secondary N) is 1. The van der Waals surface area contributed by atoms with Crippen LogP contribution in [-0.4, -0.2) is 73.0 Å². The monoisotopic (exact) mass is 414 g/mol. The van der Waals surface area contributed by atoms with Gasteiger partial charge in [0.05, 0.1) is 31.0 Å². The first-order valence-electron chi connectivity index (χ1n) is 10.9. The summed E-state index contributed by atoms with van der Waals surface area (Å²) in [5.41, 5.74) is 2.32. The first kappa shape index (κ1) is 22.2. The number of hydrogen-bond donors (Lipinski definition) is 1. The molecule has 0 aromatic heterocycles. The summed E-state index contributed by atoms with van der Waals surface area (Å²) >= 11 is 0. The summed E-state index contributed by atoms with van der Waals surface area (Å²) in [4.78, 5) is 31.9. The molecule has 0 spiro atoms. The minimum Gasteiger partial charge on any atom is -0.497 e. The zero-order valence-corrected chi connectivity index (χ0v) is 18.8. The predicted octanol–water partition coefficient (Wildman–Crippen LogP) is 3.00. The third-order valence-electron chi connectivity index (χ3n) is 6.34. The molecule has 0 saturated carbocycles. The lowest BCUT2D eigenvalue weighted by molar-refractivity contribution is -0.127. The lowest BCUT2D eigenvalue weighted by Gasteiger charge is -2.31. The number of carbonyl (C=O) groups is 2. The summed E-state index contributed by atoms with van der Waals surface area (Å²) in [7, 11) is 3.34. The second kappa shape index (κ2) is 9.51. The molecule has 7 heteroatoms. The Bertz CT molecular complexity index is 818. The van der Waals surface area contributed by atoms with Crippen molar-refractivity contribution in [2.45, 2.75) is 45.7 Å². The Balaban J connectivity index is 1.78. The Morgan fingerprint density at radius 1 is 1.27 bits per heavy atom. The summed E-state index contributed by atoms with van der Waals surface area (Å²) < 4.78 is 5.33. The van der Waals surface area contributed by atoms with E-state index >= 15 is 0 Å². The van der Waals surface area contributed by atoms with Gasteiger partial charge in [-0.15, -0.1) is 0 Å². The largest absolute Gasteiger partial charge is 0.497 e. The number of carbonyl (C=O) groups excluding carboxylic acids is 2. The van der Waals surface area contributed by atoms with Gasteiger partial charge >= 0.3 is 6.03 Å². The molecule has 0 aliphatic carbocycles. The van der Waals surface area contributed by atoms with Crippen molar-refractivity contribution in [1.29, 1.82) is 0 Å². The van der Waals surface area contributed by atoms with E-state index in [1.54, 1.807) is 19.1 Å². The molecule has 0 bridgehead atoms. The van der Waals surface area contributed by atoms with E-state index in [-0.39, 0.29) is 18.0 Å². The van der Waals surface area contributed by atoms with E-state index in [1.165, 1.54) is 0 Å². The highest BCUT2D eigenvalue weighted by molar-refractivity contribution is 6.01. The number of urea groups is 1. The molecule has 2 aliphatic heterocycles. The third kappa shape index (κ3) is 4.31. The first-order valence-corrected chi connectivity index (χ1v) is 10.9. The highest BCUT2D eigenvalue weighted by Gasteiger charge is 2.44. The number of nitrogens with zero attached hydrogens (tertiary/aromatic N) is 3. The van der Waals surface area contributed by atoms with E-state index in [0.717, 1.165) is 43.7 Å². The molecule has 1 aromatic carbocycles. The smallest absolute Gasteiger partial charge is 0.322 e. The van der Waals surface area contributed by atoms with Gasteiger partial charge in [0.1, 0.15) is 5.75 Å². The van der Waals surface area contributed by atoms with E-state index in [1.807, 2.05) is 29.2 Å². The number of hydrogen-bond acceptors (Lipinski definition) is 4. The summed E-state index contributed by atoms with van der Waals surface area (Å²) in [6.07, 6.45) is 1.99. The number of methoxy groups -OCH3 is 1. The van der Waals surface area contributed by atoms with Crippen LogP contribution in [0.25, 0.3) is 0 Å². The fourth-order valence-electron chi connectivity index (χ4n) is 4.32. The number of rotatable bonds is 9. The van der Waals surface area contributed by atoms with Crippen molar-refractivity contribution in [2.75, 3.05) is 40.3 Å². The molecular formula is C23H34N4O3. The normalized spacial score (nSPS) is 20.0. The zero-order chi connectivity index (χ0) is 21.8. The average Bonchev–Trinajstić information content (AvgIpc) is 3.11. The van der Waals surface area contributed by atoms with Crippen LogP contribution in [-0.2, 0) is 4.79 Å². The van der Waals surface area contributed by atoms with Gasteiger partial charge in [-0.1, -0.05) is 26.0 Å². The molecule has 164 valence electrons. The molecule has 2 aliphatic rings. The van der Waals surface area contributed by atoms with Gasteiger partial charge in [-0.25, -0.2) is 4.79 Å². The van der Waals surface area contributed by atoms with Crippen molar-refractivity contribution in [2.24, 2.45) is 0 Å². The Morgan fingerprint density at radius 3 is 2.67 bits per heavy atom. The molecule has 2 heterocycles. The molecule has 30 heavy (non-hydrogen) atoms. The zero-order valence-electron chi connectivity index (χ0n) is 18.8. The Kier molecular flexibility index (Phi) is 7.02. The van der Waals surface area contributed by atoms with Crippen molar-refractivity contribution in [3.8, 4) is 5.75 Å². The standard InChI is InChI=1S/C23H34N4O3/c1-6-26(7-2)13-9-10-16(3)27-15-19-20(22(27)28)21(24-23(29)25(19)4)17-11-8-12-18(14-17)30-5/h8,11-12,14,16,21H,6-7,9-10,13,15H2,1-5H3,(H,24,29)/t16-,21-/m1/s1. The Morgan fingerprint density at radius 2 is 2.00 bits per heavy atom. The molecule has 1 aromatic rings. The minimum atomic E-state index is -0.459. The summed E-state index contributed by atoms with van der Waals surface area (Å²) in [5, 5.41) is 2.99. The van der Waals surface area contributed by atoms with Crippen LogP contribution in [0.5, 0.6) is 5.75 Å². The molecule has 1 N–H and O–H groups in total. The summed E-state index contributed by atoms with van der Waals surface area (Å²) in [5.74, 6) is 0.718. The van der Waals surface area contributed by atoms with Gasteiger partial charge in [-0.05, 0) is 57.1 Å². The van der Waals surface area contributed by atoms with Gasteiger partial charge in [0.15, 0.2) is 0 Å². The number of likely N-dealkylation sites (N-methyl/N-ethyl adjacent to an activating group) is 1. The van der Waals surface area contributed by atoms with Crippen molar-refractivity contribution in [1.82, 2.24) is 20.0 Å². The number of amides is 3. The summed E-state index contributed by atoms with van der Waals surface area (Å²) in [6, 6.07) is 7.01. The topological polar surface area (TPSA) is 65.1 Å². The molecule has 0 radical (unpaired) electrons. The Labute approximate surface area is 179 Å². The second-order valence-corrected chi connectivity index (χ2v) is 8.03. The number of benzene rings is 1. The van der Waals surface area contributed by atoms with Crippen molar-refractivity contribution >= 4 is 11.9 Å². The molecular weight excluding hydrogens is 380 g/mol. The fourth-order valence-corrected chi connectivity index (χ4v) is 4.32. The molecule has 3 amide bonds. The van der Waals surface area contributed by atoms with Crippen LogP contribution in [0.4, 0.5) is 4.79 Å². The SMILES string of the molecule is CCN(CC)CCC[C@@H](C)N1CC2=C(C1=O)[C@@H](c1cccc(OC)c1)NC(=O)N2C. The van der Waals surface area contributed by atoms with Crippen LogP contribution < -0.4 is 10.1 Å². The molecule has 0 fully saturated rings. The van der Waals surface area contributed by atoms with Crippen molar-refractivity contribution in [3.63, 3.8) is 0 Å². The van der Waals surface area contributed by atoms with E-state index in [0.29, 0.717) is 17.9 Å². The van der Waals surface area contributed by atoms with Crippen LogP contribution in [0.1, 0.15) is 45.2 Å². The van der Waals surface area contributed by atoms with Gasteiger partial charge < -0.3 is 19.9 Å². The molecule has 7 nitrogen and oxygen atoms in total. The minimum absolute atomic E-state index is 0.0139. The van der Waals surface area contributed by atoms with Crippen LogP contribution in [0.3, 0.4) is 0 Å². The maximum atomic E-state index is 13.4. The molecule has 0 saturated heterocycles. The van der Waals surface area contributed by atoms with Crippen molar-refractivity contribution < 1.29 is 14.3 Å². The number of ether oxygens (including phenoxy) is 1. The highest BCUT2D eigenvalue weighted by atomic mass is 16.5. The lowest BCUT2D eigenvalue weighted by Crippen LogP contribution is -2.45. The van der Waals surface area contributed by atoms with E-state index in [4.69, 9.17) is 4.74 Å². The Hall–Kier alpha value is -2.54. The van der Waals surface area contributed by atoms with E-state index in [2.05, 4.69) is 31.0 Å². The van der Waals surface area contributed by atoms with Crippen LogP contribution in [0, 0.1) is 0 Å². The van der Waals surface area contributed by atoms with Crippen LogP contribution in [0.15, 0.2) is 35.5 Å². The second-order valence-electron chi connectivity index (χ2n) is 8.03. The van der Waals surface area contributed by atoms with Crippen LogP contribution in [0.2, 0.25) is 0 Å². The molecule has 2 atom stereocenters. The predicted molar refractivity (Wildman–Crippen MR) is 117 cm³/mol. The van der Waals surface area contributed by atoms with Crippen molar-refractivity contribution in [3.05, 3.63) is 41.1 Å². The lowest BCUT2D eigenvalue weighted by atomic mass is 9.95.